The van der Waals surface area contributed by atoms with Crippen molar-refractivity contribution in [2.24, 2.45) is 7.05 Å². The maximum Gasteiger partial charge on any atom is 0.171 e. The van der Waals surface area contributed by atoms with Crippen molar-refractivity contribution in [3.63, 3.8) is 0 Å². The Kier molecular flexibility index (Phi) is 2.87. The van der Waals surface area contributed by atoms with Crippen molar-refractivity contribution in [2.75, 3.05) is 0 Å². The molecule has 0 atom stereocenters. The Morgan fingerprint density at radius 2 is 2.28 bits per heavy atom. The van der Waals surface area contributed by atoms with E-state index < -0.39 is 0 Å². The van der Waals surface area contributed by atoms with Crippen molar-refractivity contribution >= 4 is 39.3 Å². The summed E-state index contributed by atoms with van der Waals surface area (Å²) in [5.41, 5.74) is 2.19. The van der Waals surface area contributed by atoms with Gasteiger partial charge in [0.05, 0.1) is 11.9 Å². The fourth-order valence-electron chi connectivity index (χ4n) is 1.87. The lowest BCUT2D eigenvalue weighted by Crippen LogP contribution is -1.89. The maximum absolute atomic E-state index is 13.2. The van der Waals surface area contributed by atoms with E-state index >= 15 is 0 Å². The molecule has 4 nitrogen and oxygen atoms in total. The zero-order valence-corrected chi connectivity index (χ0v) is 11.7. The van der Waals surface area contributed by atoms with E-state index in [1.165, 1.54) is 3.97 Å². The van der Waals surface area contributed by atoms with Gasteiger partial charge in [0.1, 0.15) is 0 Å². The van der Waals surface area contributed by atoms with Crippen LogP contribution in [0.15, 0.2) is 35.2 Å². The zero-order valence-electron chi connectivity index (χ0n) is 9.34. The van der Waals surface area contributed by atoms with Gasteiger partial charge in [0.15, 0.2) is 18.0 Å². The van der Waals surface area contributed by atoms with Gasteiger partial charge in [0.25, 0.3) is 0 Å². The van der Waals surface area contributed by atoms with Crippen LogP contribution in [0.4, 0.5) is 3.89 Å². The Hall–Kier alpha value is -1.34. The highest BCUT2D eigenvalue weighted by molar-refractivity contribution is 9.10. The molecule has 0 amide bonds. The highest BCUT2D eigenvalue weighted by Gasteiger charge is 2.15. The van der Waals surface area contributed by atoms with E-state index in [0.717, 1.165) is 21.1 Å². The van der Waals surface area contributed by atoms with Gasteiger partial charge in [0.2, 0.25) is 0 Å². The highest BCUT2D eigenvalue weighted by Crippen LogP contribution is 2.34. The summed E-state index contributed by atoms with van der Waals surface area (Å²) >= 11 is 3.59. The number of hydrogen-bond acceptors (Lipinski definition) is 3. The monoisotopic (exact) mass is 326 g/mol. The molecule has 0 radical (unpaired) electrons. The second kappa shape index (κ2) is 4.40. The Balaban J connectivity index is 2.32. The molecule has 0 fully saturated rings. The molecule has 0 N–H and O–H groups in total. The lowest BCUT2D eigenvalue weighted by Gasteiger charge is -2.00. The highest BCUT2D eigenvalue weighted by atomic mass is 79.9. The van der Waals surface area contributed by atoms with Crippen LogP contribution in [0, 0.1) is 0 Å². The van der Waals surface area contributed by atoms with Gasteiger partial charge in [0, 0.05) is 34.9 Å². The molecule has 3 aromatic heterocycles. The molecular formula is C11H8BrFN4S. The van der Waals surface area contributed by atoms with Crippen LogP contribution in [0.2, 0.25) is 0 Å². The summed E-state index contributed by atoms with van der Waals surface area (Å²) in [7, 11) is 1.83. The van der Waals surface area contributed by atoms with Crippen molar-refractivity contribution < 1.29 is 3.89 Å². The van der Waals surface area contributed by atoms with Crippen molar-refractivity contribution in [2.45, 2.75) is 0 Å². The van der Waals surface area contributed by atoms with Crippen LogP contribution in [0.1, 0.15) is 0 Å². The summed E-state index contributed by atoms with van der Waals surface area (Å²) in [6.07, 6.45) is 5.19. The van der Waals surface area contributed by atoms with Gasteiger partial charge in [-0.3, -0.25) is 4.68 Å². The van der Waals surface area contributed by atoms with Crippen molar-refractivity contribution in [3.8, 4) is 11.3 Å². The molecule has 0 aliphatic heterocycles. The first-order valence-electron chi connectivity index (χ1n) is 5.15. The van der Waals surface area contributed by atoms with Crippen molar-refractivity contribution in [1.82, 2.24) is 18.7 Å². The molecular weight excluding hydrogens is 319 g/mol. The third kappa shape index (κ3) is 1.74. The number of aryl methyl sites for hydroxylation is 1. The Morgan fingerprint density at radius 3 is 2.94 bits per heavy atom. The number of fused-ring (bicyclic) bond motifs is 1. The summed E-state index contributed by atoms with van der Waals surface area (Å²) in [5.74, 6) is 0. The summed E-state index contributed by atoms with van der Waals surface area (Å²) in [5, 5.41) is 4.98. The van der Waals surface area contributed by atoms with Gasteiger partial charge in [-0.2, -0.15) is 5.10 Å². The molecule has 0 aliphatic rings. The quantitative estimate of drug-likeness (QED) is 0.722. The molecule has 0 spiro atoms. The van der Waals surface area contributed by atoms with E-state index in [1.54, 1.807) is 17.1 Å². The van der Waals surface area contributed by atoms with E-state index in [-0.39, 0.29) is 12.3 Å². The molecule has 0 aliphatic carbocycles. The standard InChI is InChI=1S/C11H8BrFN4S/c1-16-6-7(5-15-16)10-4-8-9(12)2-3-14-11(8)17(10)18-13/h2-6H,1H3. The average molecular weight is 327 g/mol. The van der Waals surface area contributed by atoms with Gasteiger partial charge in [-0.1, -0.05) is 0 Å². The number of halogens is 2. The lowest BCUT2D eigenvalue weighted by molar-refractivity contribution is 0.768. The first-order valence-corrected chi connectivity index (χ1v) is 6.61. The minimum atomic E-state index is 0.141. The van der Waals surface area contributed by atoms with Crippen molar-refractivity contribution in [1.29, 1.82) is 0 Å². The topological polar surface area (TPSA) is 35.6 Å². The Bertz CT molecular complexity index is 721. The third-order valence-corrected chi connectivity index (χ3v) is 3.88. The van der Waals surface area contributed by atoms with E-state index in [4.69, 9.17) is 0 Å². The number of pyridine rings is 1. The molecule has 0 saturated carbocycles. The minimum Gasteiger partial charge on any atom is -0.275 e. The Morgan fingerprint density at radius 1 is 1.44 bits per heavy atom. The van der Waals surface area contributed by atoms with E-state index in [2.05, 4.69) is 26.0 Å². The molecule has 7 heteroatoms. The molecule has 0 bridgehead atoms. The lowest BCUT2D eigenvalue weighted by atomic mass is 10.2. The summed E-state index contributed by atoms with van der Waals surface area (Å²) < 4.78 is 17.2. The second-order valence-corrected chi connectivity index (χ2v) is 5.18. The van der Waals surface area contributed by atoms with E-state index in [9.17, 15) is 3.89 Å². The predicted molar refractivity (Wildman–Crippen MR) is 73.7 cm³/mol. The van der Waals surface area contributed by atoms with Gasteiger partial charge >= 0.3 is 0 Å². The zero-order chi connectivity index (χ0) is 12.7. The molecule has 3 rings (SSSR count). The third-order valence-electron chi connectivity index (χ3n) is 2.68. The SMILES string of the molecule is Cn1cc(-c2cc3c(Br)ccnc3n2SF)cn1. The molecule has 3 heterocycles. The smallest absolute Gasteiger partial charge is 0.171 e. The summed E-state index contributed by atoms with van der Waals surface area (Å²) in [6.45, 7) is 0. The van der Waals surface area contributed by atoms with Crippen LogP contribution in [0.5, 0.6) is 0 Å². The van der Waals surface area contributed by atoms with Crippen LogP contribution in [-0.2, 0) is 7.05 Å². The normalized spacial score (nSPS) is 11.3. The number of hydrogen-bond donors (Lipinski definition) is 0. The molecule has 0 saturated heterocycles. The van der Waals surface area contributed by atoms with Gasteiger partial charge in [-0.05, 0) is 28.1 Å². The summed E-state index contributed by atoms with van der Waals surface area (Å²) in [4.78, 5) is 4.21. The van der Waals surface area contributed by atoms with Crippen LogP contribution in [0.25, 0.3) is 22.3 Å². The summed E-state index contributed by atoms with van der Waals surface area (Å²) in [6, 6.07) is 3.73. The van der Waals surface area contributed by atoms with Gasteiger partial charge in [-0.15, -0.1) is 3.89 Å². The number of rotatable bonds is 2. The van der Waals surface area contributed by atoms with Gasteiger partial charge in [-0.25, -0.2) is 8.96 Å². The van der Waals surface area contributed by atoms with Crippen LogP contribution >= 0.6 is 28.3 Å². The molecule has 0 unspecified atom stereocenters. The number of aromatic nitrogens is 4. The van der Waals surface area contributed by atoms with Crippen LogP contribution in [-0.4, -0.2) is 18.7 Å². The maximum atomic E-state index is 13.2. The van der Waals surface area contributed by atoms with E-state index in [1.807, 2.05) is 25.4 Å². The predicted octanol–water partition coefficient (Wildman–Crippen LogP) is 3.58. The fraction of sp³-hybridized carbons (Fsp3) is 0.0909. The van der Waals surface area contributed by atoms with Crippen LogP contribution in [0.3, 0.4) is 0 Å². The first-order chi connectivity index (χ1) is 8.70. The first kappa shape index (κ1) is 11.7. The van der Waals surface area contributed by atoms with E-state index in [0.29, 0.717) is 5.65 Å². The van der Waals surface area contributed by atoms with Crippen molar-refractivity contribution in [3.05, 3.63) is 35.2 Å². The molecule has 92 valence electrons. The minimum absolute atomic E-state index is 0.141. The second-order valence-electron chi connectivity index (χ2n) is 3.83. The number of nitrogens with zero attached hydrogens (tertiary/aromatic N) is 4. The Labute approximate surface area is 115 Å². The van der Waals surface area contributed by atoms with Gasteiger partial charge < -0.3 is 0 Å². The molecule has 0 aromatic carbocycles. The fourth-order valence-corrected chi connectivity index (χ4v) is 2.72. The largest absolute Gasteiger partial charge is 0.275 e. The van der Waals surface area contributed by atoms with Crippen LogP contribution < -0.4 is 0 Å². The molecule has 18 heavy (non-hydrogen) atoms. The average Bonchev–Trinajstić information content (AvgIpc) is 2.93. The molecule has 3 aromatic rings.